The molecule has 22 heavy (non-hydrogen) atoms. The highest BCUT2D eigenvalue weighted by Gasteiger charge is 2.14. The van der Waals surface area contributed by atoms with Crippen molar-refractivity contribution in [3.05, 3.63) is 53.6 Å². The van der Waals surface area contributed by atoms with Gasteiger partial charge in [-0.25, -0.2) is 0 Å². The van der Waals surface area contributed by atoms with Gasteiger partial charge in [0.15, 0.2) is 6.61 Å². The van der Waals surface area contributed by atoms with Gasteiger partial charge in [0, 0.05) is 0 Å². The molecule has 5 heteroatoms. The van der Waals surface area contributed by atoms with Crippen molar-refractivity contribution in [1.29, 1.82) is 5.26 Å². The number of methoxy groups -OCH3 is 2. The van der Waals surface area contributed by atoms with Crippen molar-refractivity contribution in [2.24, 2.45) is 0 Å². The van der Waals surface area contributed by atoms with Crippen LogP contribution in [0.1, 0.15) is 15.9 Å². The molecule has 0 aliphatic rings. The maximum Gasteiger partial charge on any atom is 0.204 e. The molecular formula is C17H15NO4. The van der Waals surface area contributed by atoms with Crippen LogP contribution in [0, 0.1) is 11.3 Å². The number of hydrogen-bond donors (Lipinski definition) is 0. The third-order valence-corrected chi connectivity index (χ3v) is 3.04. The van der Waals surface area contributed by atoms with Gasteiger partial charge in [0.1, 0.15) is 17.2 Å². The molecule has 0 aliphatic heterocycles. The Bertz CT molecular complexity index is 719. The highest BCUT2D eigenvalue weighted by Crippen LogP contribution is 2.24. The van der Waals surface area contributed by atoms with Crippen molar-refractivity contribution >= 4 is 5.78 Å². The van der Waals surface area contributed by atoms with Crippen molar-refractivity contribution in [2.75, 3.05) is 20.8 Å². The molecule has 0 atom stereocenters. The molecule has 5 nitrogen and oxygen atoms in total. The van der Waals surface area contributed by atoms with Crippen LogP contribution in [-0.4, -0.2) is 26.6 Å². The van der Waals surface area contributed by atoms with Crippen LogP contribution >= 0.6 is 0 Å². The molecule has 0 saturated carbocycles. The predicted octanol–water partition coefficient (Wildman–Crippen LogP) is 2.84. The maximum atomic E-state index is 12.3. The molecule has 0 amide bonds. The number of benzene rings is 2. The van der Waals surface area contributed by atoms with Gasteiger partial charge in [0.2, 0.25) is 5.78 Å². The van der Waals surface area contributed by atoms with E-state index in [1.54, 1.807) is 42.5 Å². The number of Topliss-reactive ketones (excluding diaryl/α,β-unsaturated/α-hetero) is 1. The lowest BCUT2D eigenvalue weighted by atomic mass is 10.1. The van der Waals surface area contributed by atoms with Crippen molar-refractivity contribution in [3.63, 3.8) is 0 Å². The van der Waals surface area contributed by atoms with E-state index in [1.165, 1.54) is 14.2 Å². The number of nitriles is 1. The molecule has 2 rings (SSSR count). The van der Waals surface area contributed by atoms with Gasteiger partial charge in [0.25, 0.3) is 0 Å². The molecule has 0 aromatic heterocycles. The fourth-order valence-corrected chi connectivity index (χ4v) is 1.91. The number of ketones is 1. The van der Waals surface area contributed by atoms with Gasteiger partial charge < -0.3 is 14.2 Å². The largest absolute Gasteiger partial charge is 0.497 e. The topological polar surface area (TPSA) is 68.6 Å². The molecule has 0 spiro atoms. The minimum Gasteiger partial charge on any atom is -0.497 e. The Kier molecular flexibility index (Phi) is 4.99. The summed E-state index contributed by atoms with van der Waals surface area (Å²) in [5.41, 5.74) is 0.863. The Morgan fingerprint density at radius 2 is 1.91 bits per heavy atom. The third-order valence-electron chi connectivity index (χ3n) is 3.04. The summed E-state index contributed by atoms with van der Waals surface area (Å²) in [7, 11) is 3.02. The molecule has 2 aromatic carbocycles. The van der Waals surface area contributed by atoms with E-state index in [0.717, 1.165) is 0 Å². The van der Waals surface area contributed by atoms with Crippen molar-refractivity contribution in [2.45, 2.75) is 0 Å². The zero-order valence-corrected chi connectivity index (χ0v) is 12.3. The number of ether oxygens (including phenoxy) is 3. The average molecular weight is 297 g/mol. The monoisotopic (exact) mass is 297 g/mol. The summed E-state index contributed by atoms with van der Waals surface area (Å²) < 4.78 is 15.7. The van der Waals surface area contributed by atoms with Crippen molar-refractivity contribution in [1.82, 2.24) is 0 Å². The standard InChI is InChI=1S/C17H15NO4/c1-20-13-6-7-17(21-2)15(9-13)16(19)11-22-14-5-3-4-12(8-14)10-18/h3-9H,11H2,1-2H3. The molecule has 0 aliphatic carbocycles. The van der Waals surface area contributed by atoms with Crippen molar-refractivity contribution in [3.8, 4) is 23.3 Å². The summed E-state index contributed by atoms with van der Waals surface area (Å²) >= 11 is 0. The Morgan fingerprint density at radius 1 is 1.09 bits per heavy atom. The number of hydrogen-bond acceptors (Lipinski definition) is 5. The average Bonchev–Trinajstić information content (AvgIpc) is 2.59. The Labute approximate surface area is 128 Å². The maximum absolute atomic E-state index is 12.3. The second-order valence-corrected chi connectivity index (χ2v) is 4.42. The highest BCUT2D eigenvalue weighted by atomic mass is 16.5. The Morgan fingerprint density at radius 3 is 2.59 bits per heavy atom. The summed E-state index contributed by atoms with van der Waals surface area (Å²) in [6.07, 6.45) is 0. The first-order valence-electron chi connectivity index (χ1n) is 6.56. The first-order valence-corrected chi connectivity index (χ1v) is 6.56. The molecule has 0 N–H and O–H groups in total. The van der Waals surface area contributed by atoms with Crippen LogP contribution in [0.3, 0.4) is 0 Å². The minimum atomic E-state index is -0.238. The first-order chi connectivity index (χ1) is 10.7. The fourth-order valence-electron chi connectivity index (χ4n) is 1.91. The van der Waals surface area contributed by atoms with Crippen LogP contribution in [0.25, 0.3) is 0 Å². The van der Waals surface area contributed by atoms with Crippen molar-refractivity contribution < 1.29 is 19.0 Å². The smallest absolute Gasteiger partial charge is 0.204 e. The van der Waals surface area contributed by atoms with E-state index in [1.807, 2.05) is 6.07 Å². The lowest BCUT2D eigenvalue weighted by Crippen LogP contribution is -2.13. The fraction of sp³-hybridized carbons (Fsp3) is 0.176. The lowest BCUT2D eigenvalue weighted by Gasteiger charge is -2.10. The summed E-state index contributed by atoms with van der Waals surface area (Å²) in [6, 6.07) is 13.6. The van der Waals surface area contributed by atoms with E-state index in [-0.39, 0.29) is 12.4 Å². The van der Waals surface area contributed by atoms with E-state index >= 15 is 0 Å². The van der Waals surface area contributed by atoms with Gasteiger partial charge in [-0.15, -0.1) is 0 Å². The summed E-state index contributed by atoms with van der Waals surface area (Å²) in [6.45, 7) is -0.154. The van der Waals surface area contributed by atoms with Crippen LogP contribution < -0.4 is 14.2 Å². The van der Waals surface area contributed by atoms with E-state index in [4.69, 9.17) is 19.5 Å². The molecule has 0 unspecified atom stereocenters. The molecule has 0 fully saturated rings. The number of rotatable bonds is 6. The summed E-state index contributed by atoms with van der Waals surface area (Å²) in [5.74, 6) is 1.25. The predicted molar refractivity (Wildman–Crippen MR) is 80.5 cm³/mol. The molecule has 0 bridgehead atoms. The van der Waals surface area contributed by atoms with Crippen LogP contribution in [0.4, 0.5) is 0 Å². The molecule has 112 valence electrons. The van der Waals surface area contributed by atoms with Gasteiger partial charge in [-0.05, 0) is 36.4 Å². The molecule has 0 radical (unpaired) electrons. The van der Waals surface area contributed by atoms with Gasteiger partial charge in [0.05, 0.1) is 31.4 Å². The first kappa shape index (κ1) is 15.4. The second kappa shape index (κ2) is 7.14. The van der Waals surface area contributed by atoms with E-state index in [2.05, 4.69) is 0 Å². The van der Waals surface area contributed by atoms with Gasteiger partial charge in [-0.2, -0.15) is 5.26 Å². The quantitative estimate of drug-likeness (QED) is 0.767. The highest BCUT2D eigenvalue weighted by molar-refractivity contribution is 6.00. The van der Waals surface area contributed by atoms with Crippen LogP contribution in [0.5, 0.6) is 17.2 Å². The van der Waals surface area contributed by atoms with Gasteiger partial charge in [-0.1, -0.05) is 6.07 Å². The molecule has 2 aromatic rings. The summed E-state index contributed by atoms with van der Waals surface area (Å²) in [5, 5.41) is 8.84. The zero-order chi connectivity index (χ0) is 15.9. The van der Waals surface area contributed by atoms with E-state index in [0.29, 0.717) is 28.4 Å². The summed E-state index contributed by atoms with van der Waals surface area (Å²) in [4.78, 5) is 12.3. The van der Waals surface area contributed by atoms with Gasteiger partial charge in [-0.3, -0.25) is 4.79 Å². The Balaban J connectivity index is 2.13. The zero-order valence-electron chi connectivity index (χ0n) is 12.3. The Hall–Kier alpha value is -3.00. The number of nitrogens with zero attached hydrogens (tertiary/aromatic N) is 1. The van der Waals surface area contributed by atoms with E-state index in [9.17, 15) is 4.79 Å². The molecular weight excluding hydrogens is 282 g/mol. The van der Waals surface area contributed by atoms with Crippen LogP contribution in [-0.2, 0) is 0 Å². The molecule has 0 saturated heterocycles. The second-order valence-electron chi connectivity index (χ2n) is 4.42. The normalized spacial score (nSPS) is 9.68. The number of carbonyl (C=O) groups excluding carboxylic acids is 1. The van der Waals surface area contributed by atoms with E-state index < -0.39 is 0 Å². The van der Waals surface area contributed by atoms with Crippen LogP contribution in [0.15, 0.2) is 42.5 Å². The van der Waals surface area contributed by atoms with Gasteiger partial charge >= 0.3 is 0 Å². The van der Waals surface area contributed by atoms with Crippen LogP contribution in [0.2, 0.25) is 0 Å². The lowest BCUT2D eigenvalue weighted by molar-refractivity contribution is 0.0918. The number of carbonyl (C=O) groups is 1. The minimum absolute atomic E-state index is 0.154. The SMILES string of the molecule is COc1ccc(OC)c(C(=O)COc2cccc(C#N)c2)c1. The molecule has 0 heterocycles. The third kappa shape index (κ3) is 3.55.